The molecule has 0 radical (unpaired) electrons. The van der Waals surface area contributed by atoms with Crippen LogP contribution >= 0.6 is 0 Å². The van der Waals surface area contributed by atoms with Gasteiger partial charge in [-0.1, -0.05) is 24.3 Å². The molecule has 2 aliphatic rings. The number of hydrogen-bond donors (Lipinski definition) is 4. The molecular formula is C26H34N4O6. The van der Waals surface area contributed by atoms with Gasteiger partial charge in [-0.25, -0.2) is 4.98 Å². The molecule has 3 aromatic rings. The fourth-order valence-corrected chi connectivity index (χ4v) is 4.75. The van der Waals surface area contributed by atoms with Crippen LogP contribution in [0.1, 0.15) is 18.2 Å². The summed E-state index contributed by atoms with van der Waals surface area (Å²) in [7, 11) is 0. The average molecular weight is 499 g/mol. The number of fused-ring (bicyclic) bond motifs is 1. The molecule has 2 fully saturated rings. The number of nitrogens with zero attached hydrogens (tertiary/aromatic N) is 3. The highest BCUT2D eigenvalue weighted by Gasteiger charge is 2.44. The molecule has 0 unspecified atom stereocenters. The molecule has 0 spiro atoms. The first-order valence-electron chi connectivity index (χ1n) is 12.5. The highest BCUT2D eigenvalue weighted by atomic mass is 16.6. The van der Waals surface area contributed by atoms with Gasteiger partial charge in [-0.05, 0) is 36.2 Å². The van der Waals surface area contributed by atoms with E-state index in [1.807, 2.05) is 48.5 Å². The maximum atomic E-state index is 10.6. The molecule has 194 valence electrons. The van der Waals surface area contributed by atoms with Crippen molar-refractivity contribution in [2.45, 2.75) is 37.5 Å². The Kier molecular flexibility index (Phi) is 8.00. The van der Waals surface area contributed by atoms with Crippen molar-refractivity contribution in [2.75, 3.05) is 51.4 Å². The van der Waals surface area contributed by atoms with E-state index in [4.69, 9.17) is 14.2 Å². The molecule has 5 rings (SSSR count). The van der Waals surface area contributed by atoms with E-state index >= 15 is 0 Å². The van der Waals surface area contributed by atoms with E-state index in [1.165, 1.54) is 0 Å². The van der Waals surface area contributed by atoms with Gasteiger partial charge >= 0.3 is 0 Å². The van der Waals surface area contributed by atoms with E-state index in [-0.39, 0.29) is 6.61 Å². The lowest BCUT2D eigenvalue weighted by Gasteiger charge is -2.26. The van der Waals surface area contributed by atoms with E-state index in [0.29, 0.717) is 19.1 Å². The third-order valence-electron chi connectivity index (χ3n) is 6.71. The van der Waals surface area contributed by atoms with Crippen molar-refractivity contribution in [1.82, 2.24) is 14.5 Å². The zero-order chi connectivity index (χ0) is 24.9. The van der Waals surface area contributed by atoms with Gasteiger partial charge in [0, 0.05) is 26.2 Å². The Bertz CT molecular complexity index is 1130. The standard InChI is InChI=1S/C26H34N4O6/c31-17-22-23(32)24(33)25(36-22)30-21-8-2-1-7-20(21)28-26(30)27-16-18-5-3-6-19(15-18)35-12-4-9-29-10-13-34-14-11-29/h1-3,5-8,15,22-25,31-33H,4,9-14,16-17H2,(H,27,28)/t22-,23-,24-,25-/m1/s1. The molecule has 3 heterocycles. The molecular weight excluding hydrogens is 464 g/mol. The number of imidazole rings is 1. The molecule has 4 N–H and O–H groups in total. The number of ether oxygens (including phenoxy) is 3. The molecule has 2 saturated heterocycles. The number of aliphatic hydroxyl groups is 3. The molecule has 0 aliphatic carbocycles. The minimum absolute atomic E-state index is 0.386. The van der Waals surface area contributed by atoms with Gasteiger partial charge in [-0.15, -0.1) is 0 Å². The lowest BCUT2D eigenvalue weighted by Crippen LogP contribution is -2.37. The van der Waals surface area contributed by atoms with E-state index < -0.39 is 24.5 Å². The van der Waals surface area contributed by atoms with E-state index in [2.05, 4.69) is 15.2 Å². The summed E-state index contributed by atoms with van der Waals surface area (Å²) in [5.41, 5.74) is 2.50. The van der Waals surface area contributed by atoms with Crippen molar-refractivity contribution < 1.29 is 29.5 Å². The van der Waals surface area contributed by atoms with Gasteiger partial charge in [0.05, 0.1) is 37.5 Å². The summed E-state index contributed by atoms with van der Waals surface area (Å²) >= 11 is 0. The first-order chi connectivity index (χ1) is 17.6. The second kappa shape index (κ2) is 11.5. The molecule has 2 aromatic carbocycles. The summed E-state index contributed by atoms with van der Waals surface area (Å²) in [4.78, 5) is 7.08. The summed E-state index contributed by atoms with van der Waals surface area (Å²) in [5.74, 6) is 1.32. The van der Waals surface area contributed by atoms with Gasteiger partial charge in [-0.3, -0.25) is 9.47 Å². The number of morpholine rings is 1. The predicted molar refractivity (Wildman–Crippen MR) is 134 cm³/mol. The fourth-order valence-electron chi connectivity index (χ4n) is 4.75. The summed E-state index contributed by atoms with van der Waals surface area (Å²) < 4.78 is 18.9. The average Bonchev–Trinajstić information content (AvgIpc) is 3.42. The Hall–Kier alpha value is -2.73. The first kappa shape index (κ1) is 24.9. The maximum Gasteiger partial charge on any atom is 0.206 e. The molecule has 0 amide bonds. The molecule has 4 atom stereocenters. The van der Waals surface area contributed by atoms with Crippen LogP contribution in [0.15, 0.2) is 48.5 Å². The lowest BCUT2D eigenvalue weighted by atomic mass is 10.1. The minimum Gasteiger partial charge on any atom is -0.494 e. The maximum absolute atomic E-state index is 10.6. The Morgan fingerprint density at radius 2 is 1.89 bits per heavy atom. The van der Waals surface area contributed by atoms with E-state index in [0.717, 1.165) is 61.6 Å². The highest BCUT2D eigenvalue weighted by molar-refractivity contribution is 5.78. The number of nitrogens with one attached hydrogen (secondary N) is 1. The van der Waals surface area contributed by atoms with Gasteiger partial charge in [0.2, 0.25) is 5.95 Å². The number of benzene rings is 2. The van der Waals surface area contributed by atoms with Crippen molar-refractivity contribution in [3.63, 3.8) is 0 Å². The largest absolute Gasteiger partial charge is 0.494 e. The summed E-state index contributed by atoms with van der Waals surface area (Å²) in [6.45, 7) is 5.31. The molecule has 2 aliphatic heterocycles. The second-order valence-electron chi connectivity index (χ2n) is 9.18. The van der Waals surface area contributed by atoms with E-state index in [1.54, 1.807) is 4.57 Å². The monoisotopic (exact) mass is 498 g/mol. The fraction of sp³-hybridized carbons (Fsp3) is 0.500. The quantitative estimate of drug-likeness (QED) is 0.307. The molecule has 36 heavy (non-hydrogen) atoms. The number of hydrogen-bond acceptors (Lipinski definition) is 9. The van der Waals surface area contributed by atoms with Gasteiger partial charge in [-0.2, -0.15) is 0 Å². The van der Waals surface area contributed by atoms with Crippen molar-refractivity contribution in [3.05, 3.63) is 54.1 Å². The van der Waals surface area contributed by atoms with Crippen molar-refractivity contribution >= 4 is 17.0 Å². The smallest absolute Gasteiger partial charge is 0.206 e. The first-order valence-corrected chi connectivity index (χ1v) is 12.5. The zero-order valence-electron chi connectivity index (χ0n) is 20.2. The molecule has 10 nitrogen and oxygen atoms in total. The number of rotatable bonds is 10. The number of aromatic nitrogens is 2. The SMILES string of the molecule is OC[C@H]1O[C@@H](n2c(NCc3cccc(OCCCN4CCOCC4)c3)nc3ccccc32)[C@H](O)[C@@H]1O. The van der Waals surface area contributed by atoms with Crippen LogP contribution in [0.2, 0.25) is 0 Å². The lowest BCUT2D eigenvalue weighted by molar-refractivity contribution is -0.0499. The third kappa shape index (κ3) is 5.49. The molecule has 10 heteroatoms. The Morgan fingerprint density at radius 1 is 1.06 bits per heavy atom. The van der Waals surface area contributed by atoms with Crippen LogP contribution in [0.3, 0.4) is 0 Å². The van der Waals surface area contributed by atoms with Crippen LogP contribution < -0.4 is 10.1 Å². The number of anilines is 1. The predicted octanol–water partition coefficient (Wildman–Crippen LogP) is 1.36. The van der Waals surface area contributed by atoms with E-state index in [9.17, 15) is 15.3 Å². The molecule has 1 aromatic heterocycles. The highest BCUT2D eigenvalue weighted by Crippen LogP contribution is 2.35. The normalized spacial score (nSPS) is 24.9. The van der Waals surface area contributed by atoms with Crippen molar-refractivity contribution in [1.29, 1.82) is 0 Å². The van der Waals surface area contributed by atoms with Gasteiger partial charge in [0.25, 0.3) is 0 Å². The van der Waals surface area contributed by atoms with Crippen LogP contribution in [-0.4, -0.2) is 94.1 Å². The minimum atomic E-state index is -1.20. The Morgan fingerprint density at radius 3 is 2.69 bits per heavy atom. The topological polar surface area (TPSA) is 121 Å². The second-order valence-corrected chi connectivity index (χ2v) is 9.18. The van der Waals surface area contributed by atoms with Gasteiger partial charge < -0.3 is 34.8 Å². The van der Waals surface area contributed by atoms with Crippen LogP contribution in [0, 0.1) is 0 Å². The summed E-state index contributed by atoms with van der Waals surface area (Å²) in [6, 6.07) is 15.5. The van der Waals surface area contributed by atoms with Gasteiger partial charge in [0.15, 0.2) is 6.23 Å². The Balaban J connectivity index is 1.24. The van der Waals surface area contributed by atoms with Crippen LogP contribution in [0.25, 0.3) is 11.0 Å². The van der Waals surface area contributed by atoms with Crippen LogP contribution in [-0.2, 0) is 16.0 Å². The van der Waals surface area contributed by atoms with Crippen LogP contribution in [0.4, 0.5) is 5.95 Å². The Labute approximate surface area is 210 Å². The third-order valence-corrected chi connectivity index (χ3v) is 6.71. The molecule has 0 saturated carbocycles. The zero-order valence-corrected chi connectivity index (χ0v) is 20.2. The van der Waals surface area contributed by atoms with Crippen molar-refractivity contribution in [2.24, 2.45) is 0 Å². The van der Waals surface area contributed by atoms with Gasteiger partial charge in [0.1, 0.15) is 24.1 Å². The number of aliphatic hydroxyl groups excluding tert-OH is 3. The van der Waals surface area contributed by atoms with Crippen LogP contribution in [0.5, 0.6) is 5.75 Å². The summed E-state index contributed by atoms with van der Waals surface area (Å²) in [6.07, 6.45) is -3.18. The van der Waals surface area contributed by atoms with Crippen molar-refractivity contribution in [3.8, 4) is 5.75 Å². The number of para-hydroxylation sites is 2. The summed E-state index contributed by atoms with van der Waals surface area (Å²) in [5, 5.41) is 33.8. The molecule has 0 bridgehead atoms.